The van der Waals surface area contributed by atoms with E-state index in [0.29, 0.717) is 19.6 Å². The minimum Gasteiger partial charge on any atom is -0.395 e. The van der Waals surface area contributed by atoms with Crippen LogP contribution >= 0.6 is 0 Å². The van der Waals surface area contributed by atoms with Crippen molar-refractivity contribution in [1.29, 1.82) is 0 Å². The Labute approximate surface area is 89.3 Å². The van der Waals surface area contributed by atoms with Gasteiger partial charge in [0.2, 0.25) is 0 Å². The van der Waals surface area contributed by atoms with E-state index in [1.807, 2.05) is 0 Å². The van der Waals surface area contributed by atoms with Gasteiger partial charge in [-0.3, -0.25) is 0 Å². The van der Waals surface area contributed by atoms with Crippen molar-refractivity contribution < 1.29 is 32.1 Å². The van der Waals surface area contributed by atoms with Gasteiger partial charge < -0.3 is 32.5 Å². The zero-order valence-corrected chi connectivity index (χ0v) is 8.69. The maximum absolute atomic E-state index is 7.75. The number of hydrogen-bond acceptors (Lipinski definition) is 6. The van der Waals surface area contributed by atoms with Gasteiger partial charge in [0.25, 0.3) is 0 Å². The van der Waals surface area contributed by atoms with E-state index < -0.39 is 0 Å². The topological polar surface area (TPSA) is 139 Å². The molecule has 13 heavy (non-hydrogen) atoms. The van der Waals surface area contributed by atoms with Gasteiger partial charge in [-0.25, -0.2) is 0 Å². The van der Waals surface area contributed by atoms with Crippen LogP contribution in [0.1, 0.15) is 0 Å². The van der Waals surface area contributed by atoms with E-state index in [-0.39, 0.29) is 36.6 Å². The van der Waals surface area contributed by atoms with Crippen molar-refractivity contribution in [2.45, 2.75) is 0 Å². The van der Waals surface area contributed by atoms with Crippen LogP contribution in [0.4, 0.5) is 0 Å². The van der Waals surface area contributed by atoms with E-state index in [9.17, 15) is 0 Å². The Morgan fingerprint density at radius 2 is 0.692 bits per heavy atom. The van der Waals surface area contributed by atoms with E-state index in [2.05, 4.69) is 0 Å². The van der Waals surface area contributed by atoms with Crippen LogP contribution in [0.25, 0.3) is 0 Å². The average molecular weight is 242 g/mol. The van der Waals surface area contributed by atoms with E-state index in [1.165, 1.54) is 0 Å². The molecule has 0 heterocycles. The first-order valence-corrected chi connectivity index (χ1v) is 3.67. The summed E-state index contributed by atoms with van der Waals surface area (Å²) >= 11 is 0. The fraction of sp³-hybridized carbons (Fsp3) is 1.00. The Morgan fingerprint density at radius 3 is 0.692 bits per heavy atom. The SMILES string of the molecule is NCCO.NCCO.NCCO.[Co+3]. The summed E-state index contributed by atoms with van der Waals surface area (Å²) in [5.74, 6) is 0. The quantitative estimate of drug-likeness (QED) is 0.308. The molecule has 0 atom stereocenters. The van der Waals surface area contributed by atoms with Gasteiger partial charge in [0.1, 0.15) is 0 Å². The molecule has 0 rings (SSSR count). The summed E-state index contributed by atoms with van der Waals surface area (Å²) in [5.41, 5.74) is 14.3. The fourth-order valence-corrected chi connectivity index (χ4v) is 0. The zero-order valence-electron chi connectivity index (χ0n) is 7.65. The summed E-state index contributed by atoms with van der Waals surface area (Å²) in [6, 6.07) is 0. The monoisotopic (exact) mass is 242 g/mol. The Hall–Kier alpha value is 0.266. The van der Waals surface area contributed by atoms with Crippen molar-refractivity contribution in [2.24, 2.45) is 17.2 Å². The normalized spacial score (nSPS) is 6.92. The van der Waals surface area contributed by atoms with E-state index in [4.69, 9.17) is 32.5 Å². The third-order valence-corrected chi connectivity index (χ3v) is 0.387. The molecule has 0 aliphatic rings. The molecule has 0 radical (unpaired) electrons. The molecule has 6 nitrogen and oxygen atoms in total. The van der Waals surface area contributed by atoms with Crippen molar-refractivity contribution in [1.82, 2.24) is 0 Å². The molecular weight excluding hydrogens is 221 g/mol. The molecule has 0 aliphatic heterocycles. The van der Waals surface area contributed by atoms with E-state index in [1.54, 1.807) is 0 Å². The molecule has 0 fully saturated rings. The van der Waals surface area contributed by atoms with Gasteiger partial charge in [-0.15, -0.1) is 0 Å². The van der Waals surface area contributed by atoms with Crippen molar-refractivity contribution in [3.05, 3.63) is 0 Å². The molecule has 7 heteroatoms. The van der Waals surface area contributed by atoms with Gasteiger partial charge in [0, 0.05) is 19.6 Å². The van der Waals surface area contributed by atoms with Crippen molar-refractivity contribution in [3.8, 4) is 0 Å². The molecular formula is C6H21CoN3O3+3. The number of aliphatic hydroxyl groups is 3. The zero-order chi connectivity index (χ0) is 10.2. The average Bonchev–Trinajstić information content (AvgIpc) is 2.18. The summed E-state index contributed by atoms with van der Waals surface area (Å²) in [6.07, 6.45) is 0. The summed E-state index contributed by atoms with van der Waals surface area (Å²) in [5, 5.41) is 23.2. The Morgan fingerprint density at radius 1 is 0.615 bits per heavy atom. The first kappa shape index (κ1) is 23.2. The number of aliphatic hydroxyl groups excluding tert-OH is 3. The van der Waals surface area contributed by atoms with Crippen molar-refractivity contribution in [3.63, 3.8) is 0 Å². The second-order valence-corrected chi connectivity index (χ2v) is 1.54. The van der Waals surface area contributed by atoms with Crippen LogP contribution in [0.15, 0.2) is 0 Å². The fourth-order valence-electron chi connectivity index (χ4n) is 0. The largest absolute Gasteiger partial charge is 3.00 e. The molecule has 0 bridgehead atoms. The van der Waals surface area contributed by atoms with Crippen LogP contribution in [-0.4, -0.2) is 54.8 Å². The predicted molar refractivity (Wildman–Crippen MR) is 48.4 cm³/mol. The second kappa shape index (κ2) is 39.7. The molecule has 0 saturated carbocycles. The third-order valence-electron chi connectivity index (χ3n) is 0.387. The van der Waals surface area contributed by atoms with Crippen LogP contribution in [0.3, 0.4) is 0 Å². The van der Waals surface area contributed by atoms with Crippen LogP contribution in [0.2, 0.25) is 0 Å². The van der Waals surface area contributed by atoms with Gasteiger partial charge in [-0.1, -0.05) is 0 Å². The molecule has 0 aromatic rings. The minimum atomic E-state index is 0. The summed E-state index contributed by atoms with van der Waals surface area (Å²) in [6.45, 7) is 1.42. The number of rotatable bonds is 3. The van der Waals surface area contributed by atoms with Gasteiger partial charge >= 0.3 is 16.8 Å². The molecule has 0 amide bonds. The summed E-state index contributed by atoms with van der Waals surface area (Å²) in [7, 11) is 0. The van der Waals surface area contributed by atoms with Gasteiger partial charge in [-0.05, 0) is 0 Å². The molecule has 0 unspecified atom stereocenters. The number of nitrogens with two attached hydrogens (primary N) is 3. The van der Waals surface area contributed by atoms with Crippen molar-refractivity contribution >= 4 is 0 Å². The first-order valence-electron chi connectivity index (χ1n) is 3.67. The van der Waals surface area contributed by atoms with Gasteiger partial charge in [0.05, 0.1) is 19.8 Å². The summed E-state index contributed by atoms with van der Waals surface area (Å²) in [4.78, 5) is 0. The maximum atomic E-state index is 7.75. The second-order valence-electron chi connectivity index (χ2n) is 1.54. The first-order chi connectivity index (χ1) is 5.74. The molecule has 0 aromatic carbocycles. The molecule has 0 saturated heterocycles. The Kier molecular flexibility index (Phi) is 70.9. The predicted octanol–water partition coefficient (Wildman–Crippen LogP) is -3.19. The van der Waals surface area contributed by atoms with Crippen LogP contribution in [0, 0.1) is 0 Å². The Balaban J connectivity index is -0.0000000450. The molecule has 9 N–H and O–H groups in total. The van der Waals surface area contributed by atoms with E-state index >= 15 is 0 Å². The molecule has 0 spiro atoms. The Bertz CT molecular complexity index is 38.6. The molecule has 84 valence electrons. The van der Waals surface area contributed by atoms with Gasteiger partial charge in [-0.2, -0.15) is 0 Å². The smallest absolute Gasteiger partial charge is 0.395 e. The minimum absolute atomic E-state index is 0. The van der Waals surface area contributed by atoms with E-state index in [0.717, 1.165) is 0 Å². The van der Waals surface area contributed by atoms with Crippen LogP contribution in [0.5, 0.6) is 0 Å². The van der Waals surface area contributed by atoms with Gasteiger partial charge in [0.15, 0.2) is 0 Å². The third kappa shape index (κ3) is 121. The number of hydrogen-bond donors (Lipinski definition) is 6. The molecule has 0 aliphatic carbocycles. The van der Waals surface area contributed by atoms with Crippen LogP contribution < -0.4 is 17.2 Å². The maximum Gasteiger partial charge on any atom is 3.00 e. The summed E-state index contributed by atoms with van der Waals surface area (Å²) < 4.78 is 0. The van der Waals surface area contributed by atoms with Crippen molar-refractivity contribution in [2.75, 3.05) is 39.5 Å². The molecule has 0 aromatic heterocycles. The van der Waals surface area contributed by atoms with Crippen LogP contribution in [-0.2, 0) is 16.8 Å². The standard InChI is InChI=1S/3C2H7NO.Co/c3*3-1-2-4;/h3*4H,1-3H2;/q;;;+3.